The monoisotopic (exact) mass is 408 g/mol. The quantitative estimate of drug-likeness (QED) is 0.780. The molecule has 0 saturated carbocycles. The molecular formula is C16H14Br2N2O. The van der Waals surface area contributed by atoms with E-state index >= 15 is 0 Å². The maximum absolute atomic E-state index is 12.2. The standard InChI is InChI=1S/C16H14Br2N2O/c1-9(10-5-2-3-6-11(10)17)19-15-14-12(18)7-4-8-13(14)20-16(15)21/h2-9,15,19H,1H3,(H,20,21). The van der Waals surface area contributed by atoms with Crippen molar-refractivity contribution in [2.24, 2.45) is 0 Å². The van der Waals surface area contributed by atoms with Gasteiger partial charge in [0, 0.05) is 26.2 Å². The third-order valence-corrected chi connectivity index (χ3v) is 5.06. The number of carbonyl (C=O) groups is 1. The van der Waals surface area contributed by atoms with Crippen LogP contribution in [0.2, 0.25) is 0 Å². The van der Waals surface area contributed by atoms with Crippen LogP contribution in [0.3, 0.4) is 0 Å². The van der Waals surface area contributed by atoms with Gasteiger partial charge in [-0.1, -0.05) is 56.1 Å². The molecule has 108 valence electrons. The van der Waals surface area contributed by atoms with Gasteiger partial charge in [-0.25, -0.2) is 0 Å². The van der Waals surface area contributed by atoms with Gasteiger partial charge in [-0.2, -0.15) is 0 Å². The number of hydrogen-bond acceptors (Lipinski definition) is 2. The van der Waals surface area contributed by atoms with Crippen molar-refractivity contribution in [3.05, 3.63) is 62.5 Å². The first-order valence-electron chi connectivity index (χ1n) is 6.67. The lowest BCUT2D eigenvalue weighted by Gasteiger charge is -2.20. The minimum Gasteiger partial charge on any atom is -0.324 e. The van der Waals surface area contributed by atoms with E-state index in [1.807, 2.05) is 36.4 Å². The van der Waals surface area contributed by atoms with Crippen molar-refractivity contribution in [3.63, 3.8) is 0 Å². The molecule has 5 heteroatoms. The van der Waals surface area contributed by atoms with Crippen LogP contribution in [-0.2, 0) is 4.79 Å². The second-order valence-corrected chi connectivity index (χ2v) is 6.74. The Labute approximate surface area is 140 Å². The van der Waals surface area contributed by atoms with Crippen molar-refractivity contribution in [1.82, 2.24) is 5.32 Å². The van der Waals surface area contributed by atoms with Gasteiger partial charge in [-0.3, -0.25) is 10.1 Å². The topological polar surface area (TPSA) is 41.1 Å². The third kappa shape index (κ3) is 2.78. The van der Waals surface area contributed by atoms with E-state index in [-0.39, 0.29) is 18.0 Å². The molecule has 0 aromatic heterocycles. The van der Waals surface area contributed by atoms with Gasteiger partial charge in [0.2, 0.25) is 5.91 Å². The summed E-state index contributed by atoms with van der Waals surface area (Å²) in [4.78, 5) is 12.2. The Kier molecular flexibility index (Phi) is 4.15. The van der Waals surface area contributed by atoms with Crippen molar-refractivity contribution in [1.29, 1.82) is 0 Å². The number of nitrogens with one attached hydrogen (secondary N) is 2. The molecule has 0 spiro atoms. The summed E-state index contributed by atoms with van der Waals surface area (Å²) in [6, 6.07) is 13.5. The van der Waals surface area contributed by atoms with Crippen LogP contribution in [0.1, 0.15) is 30.1 Å². The summed E-state index contributed by atoms with van der Waals surface area (Å²) < 4.78 is 1.98. The summed E-state index contributed by atoms with van der Waals surface area (Å²) in [6.07, 6.45) is 0. The van der Waals surface area contributed by atoms with E-state index in [0.717, 1.165) is 25.8 Å². The summed E-state index contributed by atoms with van der Waals surface area (Å²) >= 11 is 7.09. The van der Waals surface area contributed by atoms with Crippen LogP contribution in [0.15, 0.2) is 51.4 Å². The average molecular weight is 410 g/mol. The Balaban J connectivity index is 1.90. The number of amides is 1. The molecule has 2 N–H and O–H groups in total. The Morgan fingerprint density at radius 2 is 1.81 bits per heavy atom. The summed E-state index contributed by atoms with van der Waals surface area (Å²) in [5.74, 6) is -0.0178. The Morgan fingerprint density at radius 1 is 1.10 bits per heavy atom. The van der Waals surface area contributed by atoms with Crippen molar-refractivity contribution in [2.45, 2.75) is 19.0 Å². The van der Waals surface area contributed by atoms with E-state index in [0.29, 0.717) is 0 Å². The number of rotatable bonds is 3. The SMILES string of the molecule is CC(NC1C(=O)Nc2cccc(Br)c21)c1ccccc1Br. The highest BCUT2D eigenvalue weighted by molar-refractivity contribution is 9.10. The van der Waals surface area contributed by atoms with Crippen LogP contribution in [0.5, 0.6) is 0 Å². The third-order valence-electron chi connectivity index (χ3n) is 3.65. The van der Waals surface area contributed by atoms with Crippen LogP contribution in [-0.4, -0.2) is 5.91 Å². The van der Waals surface area contributed by atoms with Gasteiger partial charge in [-0.15, -0.1) is 0 Å². The zero-order valence-corrected chi connectivity index (χ0v) is 14.5. The fourth-order valence-electron chi connectivity index (χ4n) is 2.60. The van der Waals surface area contributed by atoms with Gasteiger partial charge >= 0.3 is 0 Å². The number of hydrogen-bond donors (Lipinski definition) is 2. The summed E-state index contributed by atoms with van der Waals surface area (Å²) in [5, 5.41) is 6.33. The highest BCUT2D eigenvalue weighted by atomic mass is 79.9. The molecule has 0 aliphatic carbocycles. The van der Waals surface area contributed by atoms with E-state index in [4.69, 9.17) is 0 Å². The highest BCUT2D eigenvalue weighted by Gasteiger charge is 2.33. The van der Waals surface area contributed by atoms with Crippen molar-refractivity contribution < 1.29 is 4.79 Å². The van der Waals surface area contributed by atoms with Crippen molar-refractivity contribution in [3.8, 4) is 0 Å². The molecule has 2 aromatic carbocycles. The van der Waals surface area contributed by atoms with Gasteiger partial charge in [0.25, 0.3) is 0 Å². The molecule has 2 atom stereocenters. The molecule has 1 amide bonds. The molecule has 2 aromatic rings. The first-order chi connectivity index (χ1) is 10.1. The van der Waals surface area contributed by atoms with E-state index in [1.165, 1.54) is 0 Å². The molecule has 0 fully saturated rings. The highest BCUT2D eigenvalue weighted by Crippen LogP contribution is 2.38. The van der Waals surface area contributed by atoms with Gasteiger partial charge in [0.1, 0.15) is 6.04 Å². The van der Waals surface area contributed by atoms with E-state index < -0.39 is 0 Å². The molecule has 0 radical (unpaired) electrons. The number of halogens is 2. The number of carbonyl (C=O) groups excluding carboxylic acids is 1. The smallest absolute Gasteiger partial charge is 0.246 e. The lowest BCUT2D eigenvalue weighted by Crippen LogP contribution is -2.30. The zero-order valence-electron chi connectivity index (χ0n) is 11.4. The predicted molar refractivity (Wildman–Crippen MR) is 91.2 cm³/mol. The summed E-state index contributed by atoms with van der Waals surface area (Å²) in [7, 11) is 0. The molecule has 1 aliphatic rings. The van der Waals surface area contributed by atoms with Gasteiger partial charge in [0.05, 0.1) is 0 Å². The van der Waals surface area contributed by atoms with E-state index in [1.54, 1.807) is 0 Å². The van der Waals surface area contributed by atoms with Crippen LogP contribution < -0.4 is 10.6 Å². The molecule has 0 saturated heterocycles. The predicted octanol–water partition coefficient (Wildman–Crippen LogP) is 4.56. The lowest BCUT2D eigenvalue weighted by molar-refractivity contribution is -0.117. The lowest BCUT2D eigenvalue weighted by atomic mass is 10.0. The van der Waals surface area contributed by atoms with Crippen molar-refractivity contribution >= 4 is 43.5 Å². The maximum Gasteiger partial charge on any atom is 0.246 e. The normalized spacial score (nSPS) is 18.2. The molecule has 21 heavy (non-hydrogen) atoms. The first-order valence-corrected chi connectivity index (χ1v) is 8.26. The Bertz CT molecular complexity index is 702. The molecule has 3 nitrogen and oxygen atoms in total. The first kappa shape index (κ1) is 14.8. The molecule has 0 bridgehead atoms. The molecule has 1 aliphatic heterocycles. The van der Waals surface area contributed by atoms with Crippen LogP contribution in [0, 0.1) is 0 Å². The van der Waals surface area contributed by atoms with Crippen LogP contribution in [0.4, 0.5) is 5.69 Å². The van der Waals surface area contributed by atoms with E-state index in [9.17, 15) is 4.79 Å². The Morgan fingerprint density at radius 3 is 2.57 bits per heavy atom. The van der Waals surface area contributed by atoms with Crippen molar-refractivity contribution in [2.75, 3.05) is 5.32 Å². The largest absolute Gasteiger partial charge is 0.324 e. The van der Waals surface area contributed by atoms with E-state index in [2.05, 4.69) is 55.5 Å². The average Bonchev–Trinajstić information content (AvgIpc) is 2.77. The Hall–Kier alpha value is -1.17. The maximum atomic E-state index is 12.2. The second-order valence-electron chi connectivity index (χ2n) is 5.03. The minimum absolute atomic E-state index is 0.0178. The van der Waals surface area contributed by atoms with Crippen LogP contribution in [0.25, 0.3) is 0 Å². The number of anilines is 1. The fourth-order valence-corrected chi connectivity index (χ4v) is 3.82. The fraction of sp³-hybridized carbons (Fsp3) is 0.188. The van der Waals surface area contributed by atoms with Gasteiger partial charge in [-0.05, 0) is 30.7 Å². The number of benzene rings is 2. The molecule has 2 unspecified atom stereocenters. The minimum atomic E-state index is -0.349. The molecule has 3 rings (SSSR count). The summed E-state index contributed by atoms with van der Waals surface area (Å²) in [5.41, 5.74) is 2.97. The zero-order chi connectivity index (χ0) is 15.0. The van der Waals surface area contributed by atoms with Crippen LogP contribution >= 0.6 is 31.9 Å². The molecular weight excluding hydrogens is 396 g/mol. The molecule has 1 heterocycles. The summed E-state index contributed by atoms with van der Waals surface area (Å²) in [6.45, 7) is 2.06. The van der Waals surface area contributed by atoms with Gasteiger partial charge in [0.15, 0.2) is 0 Å². The van der Waals surface area contributed by atoms with Gasteiger partial charge < -0.3 is 5.32 Å². The second kappa shape index (κ2) is 5.91. The number of fused-ring (bicyclic) bond motifs is 1.